The van der Waals surface area contributed by atoms with Gasteiger partial charge in [-0.2, -0.15) is 0 Å². The number of phenols is 1. The van der Waals surface area contributed by atoms with Crippen LogP contribution in [0.5, 0.6) is 5.75 Å². The largest absolute Gasteiger partial charge is 0.506 e. The molecule has 1 aliphatic heterocycles. The van der Waals surface area contributed by atoms with E-state index >= 15 is 0 Å². The van der Waals surface area contributed by atoms with Crippen molar-refractivity contribution in [2.45, 2.75) is 13.8 Å². The van der Waals surface area contributed by atoms with Crippen molar-refractivity contribution in [3.05, 3.63) is 63.0 Å². The Labute approximate surface area is 171 Å². The Hall–Kier alpha value is -2.77. The summed E-state index contributed by atoms with van der Waals surface area (Å²) in [7, 11) is 0. The van der Waals surface area contributed by atoms with Crippen LogP contribution in [0, 0.1) is 13.8 Å². The number of nitrogens with one attached hydrogen (secondary N) is 1. The van der Waals surface area contributed by atoms with Gasteiger partial charge in [0.15, 0.2) is 0 Å². The van der Waals surface area contributed by atoms with E-state index in [2.05, 4.69) is 5.32 Å². The zero-order chi connectivity index (χ0) is 20.4. The van der Waals surface area contributed by atoms with Crippen molar-refractivity contribution in [1.82, 2.24) is 4.90 Å². The van der Waals surface area contributed by atoms with E-state index in [4.69, 9.17) is 11.6 Å². The molecule has 0 bridgehead atoms. The quantitative estimate of drug-likeness (QED) is 0.724. The van der Waals surface area contributed by atoms with Gasteiger partial charge in [0.2, 0.25) is 5.91 Å². The molecule has 0 saturated carbocycles. The Morgan fingerprint density at radius 1 is 1.25 bits per heavy atom. The molecule has 0 spiro atoms. The lowest BCUT2D eigenvalue weighted by molar-refractivity contribution is -0.127. The van der Waals surface area contributed by atoms with Crippen LogP contribution in [-0.2, 0) is 9.59 Å². The van der Waals surface area contributed by atoms with Crippen molar-refractivity contribution in [2.75, 3.05) is 11.9 Å². The molecule has 0 radical (unpaired) electrons. The maximum atomic E-state index is 12.5. The third-order valence-corrected chi connectivity index (χ3v) is 5.53. The molecular formula is C20H17ClN2O4S. The third kappa shape index (κ3) is 4.21. The summed E-state index contributed by atoms with van der Waals surface area (Å²) in [4.78, 5) is 38.2. The number of phenolic OH excluding ortho intramolecular Hbond substituents is 1. The molecule has 3 amide bonds. The summed E-state index contributed by atoms with van der Waals surface area (Å²) in [6, 6.07) is 9.98. The third-order valence-electron chi connectivity index (χ3n) is 4.32. The van der Waals surface area contributed by atoms with Gasteiger partial charge in [0.25, 0.3) is 11.1 Å². The van der Waals surface area contributed by atoms with Crippen LogP contribution in [0.3, 0.4) is 0 Å². The smallest absolute Gasteiger partial charge is 0.294 e. The first-order valence-electron chi connectivity index (χ1n) is 8.36. The summed E-state index contributed by atoms with van der Waals surface area (Å²) >= 11 is 6.61. The van der Waals surface area contributed by atoms with E-state index in [1.54, 1.807) is 12.1 Å². The molecule has 6 nitrogen and oxygen atoms in total. The lowest BCUT2D eigenvalue weighted by Crippen LogP contribution is -2.36. The summed E-state index contributed by atoms with van der Waals surface area (Å²) in [5, 5.41) is 11.8. The molecule has 3 rings (SSSR count). The summed E-state index contributed by atoms with van der Waals surface area (Å²) < 4.78 is 0. The average Bonchev–Trinajstić information content (AvgIpc) is 2.89. The Kier molecular flexibility index (Phi) is 5.76. The number of rotatable bonds is 4. The van der Waals surface area contributed by atoms with E-state index in [0.29, 0.717) is 11.3 Å². The lowest BCUT2D eigenvalue weighted by atomic mass is 10.1. The lowest BCUT2D eigenvalue weighted by Gasteiger charge is -2.14. The van der Waals surface area contributed by atoms with E-state index in [0.717, 1.165) is 27.8 Å². The highest BCUT2D eigenvalue weighted by Crippen LogP contribution is 2.33. The Balaban J connectivity index is 1.73. The van der Waals surface area contributed by atoms with Gasteiger partial charge >= 0.3 is 0 Å². The van der Waals surface area contributed by atoms with Crippen molar-refractivity contribution in [2.24, 2.45) is 0 Å². The molecule has 2 aromatic carbocycles. The normalized spacial score (nSPS) is 15.4. The van der Waals surface area contributed by atoms with Gasteiger partial charge < -0.3 is 10.4 Å². The average molecular weight is 417 g/mol. The summed E-state index contributed by atoms with van der Waals surface area (Å²) in [5.74, 6) is -1.07. The van der Waals surface area contributed by atoms with E-state index in [1.807, 2.05) is 26.0 Å². The number of benzene rings is 2. The maximum Gasteiger partial charge on any atom is 0.294 e. The van der Waals surface area contributed by atoms with Gasteiger partial charge in [-0.1, -0.05) is 29.8 Å². The Morgan fingerprint density at radius 2 is 2.00 bits per heavy atom. The fourth-order valence-electron chi connectivity index (χ4n) is 2.62. The monoisotopic (exact) mass is 416 g/mol. The molecular weight excluding hydrogens is 400 g/mol. The second-order valence-electron chi connectivity index (χ2n) is 6.27. The topological polar surface area (TPSA) is 86.7 Å². The van der Waals surface area contributed by atoms with Crippen molar-refractivity contribution in [3.63, 3.8) is 0 Å². The molecule has 1 aliphatic rings. The highest BCUT2D eigenvalue weighted by molar-refractivity contribution is 8.18. The Morgan fingerprint density at radius 3 is 2.71 bits per heavy atom. The molecule has 1 heterocycles. The van der Waals surface area contributed by atoms with Gasteiger partial charge in [0.1, 0.15) is 12.3 Å². The zero-order valence-corrected chi connectivity index (χ0v) is 16.7. The number of hydrogen-bond donors (Lipinski definition) is 2. The van der Waals surface area contributed by atoms with E-state index < -0.39 is 17.1 Å². The number of halogens is 1. The summed E-state index contributed by atoms with van der Waals surface area (Å²) in [6.45, 7) is 3.45. The first-order chi connectivity index (χ1) is 13.3. The standard InChI is InChI=1S/C20H17ClN2O4S/c1-11-4-3-5-15(12(11)2)22-18(25)10-23-19(26)17(28-20(23)27)9-13-6-7-16(24)14(21)8-13/h3-9,24H,10H2,1-2H3,(H,22,25)/b17-9+. The molecule has 2 N–H and O–H groups in total. The minimum Gasteiger partial charge on any atom is -0.506 e. The van der Waals surface area contributed by atoms with E-state index in [1.165, 1.54) is 18.2 Å². The van der Waals surface area contributed by atoms with Crippen LogP contribution in [0.2, 0.25) is 5.02 Å². The number of amides is 3. The molecule has 1 saturated heterocycles. The molecule has 0 aliphatic carbocycles. The van der Waals surface area contributed by atoms with Crippen LogP contribution in [0.15, 0.2) is 41.3 Å². The van der Waals surface area contributed by atoms with E-state index in [9.17, 15) is 19.5 Å². The number of nitrogens with zero attached hydrogens (tertiary/aromatic N) is 1. The highest BCUT2D eigenvalue weighted by Gasteiger charge is 2.36. The van der Waals surface area contributed by atoms with Crippen molar-refractivity contribution in [3.8, 4) is 5.75 Å². The van der Waals surface area contributed by atoms with Crippen LogP contribution < -0.4 is 5.32 Å². The summed E-state index contributed by atoms with van der Waals surface area (Å²) in [6.07, 6.45) is 1.50. The number of anilines is 1. The number of thioether (sulfide) groups is 1. The fraction of sp³-hybridized carbons (Fsp3) is 0.150. The first kappa shape index (κ1) is 20.0. The SMILES string of the molecule is Cc1cccc(NC(=O)CN2C(=O)S/C(=C/c3ccc(O)c(Cl)c3)C2=O)c1C. The van der Waals surface area contributed by atoms with Crippen LogP contribution in [0.1, 0.15) is 16.7 Å². The van der Waals surface area contributed by atoms with Crippen molar-refractivity contribution >= 4 is 52.2 Å². The van der Waals surface area contributed by atoms with Gasteiger partial charge in [-0.3, -0.25) is 19.3 Å². The molecule has 0 unspecified atom stereocenters. The predicted octanol–water partition coefficient (Wildman–Crippen LogP) is 4.34. The second kappa shape index (κ2) is 8.08. The zero-order valence-electron chi connectivity index (χ0n) is 15.2. The van der Waals surface area contributed by atoms with Crippen LogP contribution in [0.4, 0.5) is 10.5 Å². The molecule has 8 heteroatoms. The van der Waals surface area contributed by atoms with Gasteiger partial charge in [-0.25, -0.2) is 0 Å². The number of aromatic hydroxyl groups is 1. The predicted molar refractivity (Wildman–Crippen MR) is 110 cm³/mol. The second-order valence-corrected chi connectivity index (χ2v) is 7.67. The highest BCUT2D eigenvalue weighted by atomic mass is 35.5. The number of carbonyl (C=O) groups is 3. The van der Waals surface area contributed by atoms with E-state index in [-0.39, 0.29) is 22.2 Å². The number of aryl methyl sites for hydroxylation is 1. The number of carbonyl (C=O) groups excluding carboxylic acids is 3. The molecule has 144 valence electrons. The maximum absolute atomic E-state index is 12.5. The van der Waals surface area contributed by atoms with Crippen molar-refractivity contribution in [1.29, 1.82) is 0 Å². The molecule has 0 aromatic heterocycles. The minimum absolute atomic E-state index is 0.0740. The van der Waals surface area contributed by atoms with Crippen molar-refractivity contribution < 1.29 is 19.5 Å². The number of imide groups is 1. The Bertz CT molecular complexity index is 1020. The van der Waals surface area contributed by atoms with Crippen LogP contribution in [-0.4, -0.2) is 33.6 Å². The van der Waals surface area contributed by atoms with Gasteiger partial charge in [0.05, 0.1) is 9.93 Å². The minimum atomic E-state index is -0.546. The summed E-state index contributed by atoms with van der Waals surface area (Å²) in [5.41, 5.74) is 3.16. The van der Waals surface area contributed by atoms with Gasteiger partial charge in [-0.05, 0) is 66.6 Å². The fourth-order valence-corrected chi connectivity index (χ4v) is 3.65. The number of hydrogen-bond acceptors (Lipinski definition) is 5. The van der Waals surface area contributed by atoms with Crippen LogP contribution >= 0.6 is 23.4 Å². The first-order valence-corrected chi connectivity index (χ1v) is 9.55. The molecule has 0 atom stereocenters. The van der Waals surface area contributed by atoms with Gasteiger partial charge in [-0.15, -0.1) is 0 Å². The molecule has 28 heavy (non-hydrogen) atoms. The molecule has 1 fully saturated rings. The molecule has 2 aromatic rings. The van der Waals surface area contributed by atoms with Crippen LogP contribution in [0.25, 0.3) is 6.08 Å². The van der Waals surface area contributed by atoms with Gasteiger partial charge in [0, 0.05) is 5.69 Å².